The molecular weight excluding hydrogens is 455 g/mol. The third-order valence-corrected chi connectivity index (χ3v) is 8.05. The van der Waals surface area contributed by atoms with Crippen molar-refractivity contribution in [3.63, 3.8) is 0 Å². The highest BCUT2D eigenvalue weighted by Gasteiger charge is 2.31. The number of hydrogen-bond donors (Lipinski definition) is 1. The van der Waals surface area contributed by atoms with Crippen LogP contribution < -0.4 is 9.64 Å². The number of halogens is 1. The first-order valence-corrected chi connectivity index (χ1v) is 12.8. The molecule has 0 spiro atoms. The van der Waals surface area contributed by atoms with Crippen LogP contribution in [0.1, 0.15) is 24.0 Å². The molecule has 7 rings (SSSR count). The van der Waals surface area contributed by atoms with Crippen LogP contribution in [0.5, 0.6) is 5.75 Å². The van der Waals surface area contributed by atoms with E-state index >= 15 is 0 Å². The molecule has 1 aliphatic carbocycles. The molecule has 2 fully saturated rings. The summed E-state index contributed by atoms with van der Waals surface area (Å²) in [6, 6.07) is 12.7. The molecule has 0 saturated carbocycles. The molecule has 7 nitrogen and oxygen atoms in total. The average Bonchev–Trinajstić information content (AvgIpc) is 3.64. The first kappa shape index (κ1) is 21.7. The number of nitrogens with one attached hydrogen (secondary N) is 1. The number of hydrogen-bond acceptors (Lipinski definition) is 6. The summed E-state index contributed by atoms with van der Waals surface area (Å²) in [4.78, 5) is 14.8. The van der Waals surface area contributed by atoms with Crippen LogP contribution in [0.2, 0.25) is 0 Å². The number of pyridine rings is 2. The Morgan fingerprint density at radius 3 is 2.89 bits per heavy atom. The first-order valence-electron chi connectivity index (χ1n) is 12.8. The fourth-order valence-corrected chi connectivity index (χ4v) is 6.21. The van der Waals surface area contributed by atoms with Gasteiger partial charge in [-0.15, -0.1) is 0 Å². The van der Waals surface area contributed by atoms with Crippen LogP contribution >= 0.6 is 0 Å². The zero-order valence-electron chi connectivity index (χ0n) is 20.4. The third-order valence-electron chi connectivity index (χ3n) is 8.05. The molecule has 3 aliphatic rings. The molecule has 2 saturated heterocycles. The van der Waals surface area contributed by atoms with Gasteiger partial charge < -0.3 is 9.64 Å². The van der Waals surface area contributed by atoms with E-state index in [1.165, 1.54) is 19.4 Å². The Hall–Kier alpha value is -3.52. The fraction of sp³-hybridized carbons (Fsp3) is 0.393. The Kier molecular flexibility index (Phi) is 5.16. The topological polar surface area (TPSA) is 70.2 Å². The van der Waals surface area contributed by atoms with Crippen molar-refractivity contribution in [3.8, 4) is 28.3 Å². The molecule has 1 unspecified atom stereocenters. The molecule has 36 heavy (non-hydrogen) atoms. The highest BCUT2D eigenvalue weighted by Crippen LogP contribution is 2.39. The number of alkyl halides is 1. The van der Waals surface area contributed by atoms with Gasteiger partial charge in [0.1, 0.15) is 34.6 Å². The number of aromatic nitrogens is 4. The summed E-state index contributed by atoms with van der Waals surface area (Å²) in [5.41, 5.74) is 6.94. The summed E-state index contributed by atoms with van der Waals surface area (Å²) in [6.07, 6.45) is 4.50. The van der Waals surface area contributed by atoms with Gasteiger partial charge in [-0.3, -0.25) is 10.00 Å². The highest BCUT2D eigenvalue weighted by molar-refractivity contribution is 5.93. The number of piperazine rings is 1. The lowest BCUT2D eigenvalue weighted by Gasteiger charge is -2.38. The highest BCUT2D eigenvalue weighted by atomic mass is 19.1. The number of aromatic amines is 1. The second kappa shape index (κ2) is 8.55. The molecular formula is C28H29FN6O. The Balaban J connectivity index is 1.24. The van der Waals surface area contributed by atoms with Crippen molar-refractivity contribution in [1.29, 1.82) is 0 Å². The number of nitrogens with zero attached hydrogens (tertiary/aromatic N) is 5. The maximum absolute atomic E-state index is 14.2. The molecule has 4 aromatic rings. The van der Waals surface area contributed by atoms with Crippen molar-refractivity contribution < 1.29 is 9.13 Å². The summed E-state index contributed by atoms with van der Waals surface area (Å²) >= 11 is 0. The van der Waals surface area contributed by atoms with E-state index < -0.39 is 6.17 Å². The minimum Gasteiger partial charge on any atom is -0.494 e. The fourth-order valence-electron chi connectivity index (χ4n) is 6.21. The lowest BCUT2D eigenvalue weighted by Crippen LogP contribution is -2.50. The maximum Gasteiger partial charge on any atom is 0.147 e. The summed E-state index contributed by atoms with van der Waals surface area (Å²) in [5.74, 6) is 1.66. The van der Waals surface area contributed by atoms with Gasteiger partial charge in [0.15, 0.2) is 0 Å². The van der Waals surface area contributed by atoms with Gasteiger partial charge >= 0.3 is 0 Å². The minimum absolute atomic E-state index is 0.410. The second-order valence-electron chi connectivity index (χ2n) is 10.1. The molecule has 5 heterocycles. The Bertz CT molecular complexity index is 1430. The number of ether oxygens (including phenoxy) is 1. The van der Waals surface area contributed by atoms with Crippen LogP contribution in [0, 0.1) is 0 Å². The zero-order chi connectivity index (χ0) is 24.2. The van der Waals surface area contributed by atoms with Crippen molar-refractivity contribution in [2.75, 3.05) is 38.2 Å². The zero-order valence-corrected chi connectivity index (χ0v) is 20.4. The van der Waals surface area contributed by atoms with E-state index in [-0.39, 0.29) is 0 Å². The third kappa shape index (κ3) is 3.54. The van der Waals surface area contributed by atoms with Crippen LogP contribution in [0.25, 0.3) is 33.5 Å². The number of benzene rings is 1. The molecule has 3 aromatic heterocycles. The second-order valence-corrected chi connectivity index (χ2v) is 10.1. The van der Waals surface area contributed by atoms with Gasteiger partial charge in [-0.25, -0.2) is 14.4 Å². The molecule has 184 valence electrons. The molecule has 1 aromatic carbocycles. The molecule has 8 heteroatoms. The van der Waals surface area contributed by atoms with E-state index in [2.05, 4.69) is 32.1 Å². The standard InChI is InChI=1S/C28H29FN6O/c1-36-24-14-23-28(31-27(24)21-6-2-4-17-12-19(29)13-22(17)21)26(33-32-23)18-7-8-25(30-15-18)35-11-10-34-9-3-5-20(34)16-35/h2,4,6-8,14-15,19-20H,3,5,9-13,16H2,1H3,(H,32,33)/t19?,20-/m0/s1. The smallest absolute Gasteiger partial charge is 0.147 e. The van der Waals surface area contributed by atoms with Gasteiger partial charge in [0.2, 0.25) is 0 Å². The van der Waals surface area contributed by atoms with Crippen LogP contribution in [0.4, 0.5) is 10.2 Å². The van der Waals surface area contributed by atoms with Gasteiger partial charge in [0, 0.05) is 61.9 Å². The van der Waals surface area contributed by atoms with Crippen molar-refractivity contribution in [2.24, 2.45) is 0 Å². The number of anilines is 1. The van der Waals surface area contributed by atoms with Crippen LogP contribution in [-0.2, 0) is 12.8 Å². The molecule has 0 amide bonds. The quantitative estimate of drug-likeness (QED) is 0.463. The molecule has 2 atom stereocenters. The number of methoxy groups -OCH3 is 1. The van der Waals surface area contributed by atoms with Gasteiger partial charge in [0.05, 0.1) is 12.6 Å². The van der Waals surface area contributed by atoms with Crippen LogP contribution in [-0.4, -0.2) is 70.6 Å². The van der Waals surface area contributed by atoms with Gasteiger partial charge in [-0.2, -0.15) is 5.10 Å². The number of fused-ring (bicyclic) bond motifs is 3. The van der Waals surface area contributed by atoms with Crippen molar-refractivity contribution in [2.45, 2.75) is 37.9 Å². The molecule has 0 bridgehead atoms. The van der Waals surface area contributed by atoms with E-state index in [1.807, 2.05) is 30.5 Å². The van der Waals surface area contributed by atoms with E-state index in [0.29, 0.717) is 24.6 Å². The van der Waals surface area contributed by atoms with E-state index in [4.69, 9.17) is 14.7 Å². The van der Waals surface area contributed by atoms with E-state index in [1.54, 1.807) is 7.11 Å². The van der Waals surface area contributed by atoms with Gasteiger partial charge in [-0.05, 0) is 42.6 Å². The molecule has 0 radical (unpaired) electrons. The molecule has 2 aliphatic heterocycles. The first-order chi connectivity index (χ1) is 17.7. The Morgan fingerprint density at radius 1 is 1.08 bits per heavy atom. The normalized spacial score (nSPS) is 21.7. The SMILES string of the molecule is COc1cc2[nH]nc(-c3ccc(N4CCN5CCC[C@H]5C4)nc3)c2nc1-c1cccc2c1CC(F)C2. The Morgan fingerprint density at radius 2 is 2.03 bits per heavy atom. The summed E-state index contributed by atoms with van der Waals surface area (Å²) in [5, 5.41) is 7.69. The molecule has 1 N–H and O–H groups in total. The lowest BCUT2D eigenvalue weighted by atomic mass is 9.99. The van der Waals surface area contributed by atoms with Crippen molar-refractivity contribution >= 4 is 16.9 Å². The van der Waals surface area contributed by atoms with Crippen molar-refractivity contribution in [1.82, 2.24) is 25.1 Å². The summed E-state index contributed by atoms with van der Waals surface area (Å²) in [7, 11) is 1.64. The largest absolute Gasteiger partial charge is 0.494 e. The van der Waals surface area contributed by atoms with E-state index in [9.17, 15) is 4.39 Å². The minimum atomic E-state index is -0.846. The summed E-state index contributed by atoms with van der Waals surface area (Å²) in [6.45, 7) is 4.40. The summed E-state index contributed by atoms with van der Waals surface area (Å²) < 4.78 is 19.9. The predicted molar refractivity (Wildman–Crippen MR) is 138 cm³/mol. The van der Waals surface area contributed by atoms with Crippen LogP contribution in [0.3, 0.4) is 0 Å². The number of rotatable bonds is 4. The van der Waals surface area contributed by atoms with Crippen LogP contribution in [0.15, 0.2) is 42.6 Å². The Labute approximate surface area is 209 Å². The lowest BCUT2D eigenvalue weighted by molar-refractivity contribution is 0.230. The van der Waals surface area contributed by atoms with Gasteiger partial charge in [-0.1, -0.05) is 18.2 Å². The predicted octanol–water partition coefficient (Wildman–Crippen LogP) is 4.42. The maximum atomic E-state index is 14.2. The number of H-pyrrole nitrogens is 1. The average molecular weight is 485 g/mol. The van der Waals surface area contributed by atoms with E-state index in [0.717, 1.165) is 70.1 Å². The monoisotopic (exact) mass is 484 g/mol. The van der Waals surface area contributed by atoms with Gasteiger partial charge in [0.25, 0.3) is 0 Å². The van der Waals surface area contributed by atoms with Crippen molar-refractivity contribution in [3.05, 3.63) is 53.7 Å².